The van der Waals surface area contributed by atoms with Crippen molar-refractivity contribution in [2.24, 2.45) is 0 Å². The number of hydrogen-bond donors (Lipinski definition) is 1. The Bertz CT molecular complexity index is 1390. The molecule has 35 heavy (non-hydrogen) atoms. The van der Waals surface area contributed by atoms with Crippen LogP contribution >= 0.6 is 0 Å². The fourth-order valence-corrected chi connectivity index (χ4v) is 4.08. The van der Waals surface area contributed by atoms with Gasteiger partial charge in [-0.2, -0.15) is 15.3 Å². The average Bonchev–Trinajstić information content (AvgIpc) is 3.37. The van der Waals surface area contributed by atoms with Gasteiger partial charge in [-0.25, -0.2) is 14.6 Å². The minimum Gasteiger partial charge on any atom is -0.351 e. The Balaban J connectivity index is 1.34. The van der Waals surface area contributed by atoms with E-state index in [9.17, 15) is 0 Å². The number of rotatable bonds is 7. The van der Waals surface area contributed by atoms with Crippen molar-refractivity contribution < 1.29 is 0 Å². The summed E-state index contributed by atoms with van der Waals surface area (Å²) in [6.45, 7) is 2.64. The molecule has 1 unspecified atom stereocenters. The van der Waals surface area contributed by atoms with E-state index in [1.807, 2.05) is 65.3 Å². The number of anilines is 2. The molecule has 5 rings (SSSR count). The second-order valence-electron chi connectivity index (χ2n) is 8.39. The molecule has 1 aliphatic rings. The van der Waals surface area contributed by atoms with Crippen molar-refractivity contribution in [1.29, 1.82) is 5.26 Å². The van der Waals surface area contributed by atoms with Crippen molar-refractivity contribution in [3.63, 3.8) is 0 Å². The van der Waals surface area contributed by atoms with Crippen LogP contribution in [-0.4, -0.2) is 42.8 Å². The van der Waals surface area contributed by atoms with Gasteiger partial charge in [0.05, 0.1) is 23.9 Å². The molecule has 4 aromatic rings. The van der Waals surface area contributed by atoms with Crippen LogP contribution in [0.3, 0.4) is 0 Å². The van der Waals surface area contributed by atoms with Crippen LogP contribution < -0.4 is 10.3 Å². The minimum absolute atomic E-state index is 0.0858. The molecule has 0 fully saturated rings. The fraction of sp³-hybridized carbons (Fsp3) is 0.192. The molecule has 174 valence electrons. The van der Waals surface area contributed by atoms with Gasteiger partial charge in [0.25, 0.3) is 0 Å². The van der Waals surface area contributed by atoms with Crippen LogP contribution in [0.25, 0.3) is 5.70 Å². The lowest BCUT2D eigenvalue weighted by molar-refractivity contribution is 0.332. The third kappa shape index (κ3) is 4.82. The number of nitrogens with zero attached hydrogens (tertiary/aromatic N) is 8. The van der Waals surface area contributed by atoms with Crippen LogP contribution in [-0.2, 0) is 13.0 Å². The molecular weight excluding hydrogens is 438 g/mol. The third-order valence-electron chi connectivity index (χ3n) is 5.82. The van der Waals surface area contributed by atoms with Gasteiger partial charge in [0.15, 0.2) is 11.6 Å². The number of benzene rings is 2. The summed E-state index contributed by atoms with van der Waals surface area (Å²) in [7, 11) is 1.97. The molecule has 0 spiro atoms. The van der Waals surface area contributed by atoms with E-state index in [1.54, 1.807) is 12.5 Å². The zero-order valence-corrected chi connectivity index (χ0v) is 19.6. The molecule has 0 aliphatic carbocycles. The minimum atomic E-state index is 0.0858. The van der Waals surface area contributed by atoms with Crippen LogP contribution in [0, 0.1) is 11.3 Å². The summed E-state index contributed by atoms with van der Waals surface area (Å²) in [5.41, 5.74) is 3.75. The molecule has 2 aromatic heterocycles. The summed E-state index contributed by atoms with van der Waals surface area (Å²) in [5.74, 6) is 2.14. The number of nitrogens with one attached hydrogen (secondary N) is 1. The van der Waals surface area contributed by atoms with Gasteiger partial charge >= 0.3 is 0 Å². The smallest absolute Gasteiger partial charge is 0.224 e. The summed E-state index contributed by atoms with van der Waals surface area (Å²) in [6.07, 6.45) is 6.13. The predicted molar refractivity (Wildman–Crippen MR) is 134 cm³/mol. The number of hydrogen-bond acceptors (Lipinski definition) is 8. The standard InChI is InChI=1S/C26H25N9/c1-19(13-20-7-6-8-21(14-20)15-27)31-26-28-12-11-24(32-26)33(2)34-16-23(22-9-4-3-5-10-22)35-25(17-34)29-18-30-35/h3-12,14,16,18-19H,13,17H2,1-2H3,(H,28,31,32). The van der Waals surface area contributed by atoms with Crippen molar-refractivity contribution in [1.82, 2.24) is 29.7 Å². The molecule has 3 heterocycles. The molecule has 0 amide bonds. The topological polar surface area (TPSA) is 98.8 Å². The fourth-order valence-electron chi connectivity index (χ4n) is 4.08. The third-order valence-corrected chi connectivity index (χ3v) is 5.82. The van der Waals surface area contributed by atoms with E-state index in [-0.39, 0.29) is 6.04 Å². The summed E-state index contributed by atoms with van der Waals surface area (Å²) >= 11 is 0. The maximum atomic E-state index is 9.14. The van der Waals surface area contributed by atoms with Gasteiger partial charge in [0.2, 0.25) is 5.95 Å². The zero-order valence-electron chi connectivity index (χ0n) is 19.6. The van der Waals surface area contributed by atoms with Gasteiger partial charge in [-0.3, -0.25) is 10.0 Å². The lowest BCUT2D eigenvalue weighted by Crippen LogP contribution is -2.39. The van der Waals surface area contributed by atoms with Crippen molar-refractivity contribution in [3.8, 4) is 6.07 Å². The molecule has 0 bridgehead atoms. The molecule has 9 heteroatoms. The summed E-state index contributed by atoms with van der Waals surface area (Å²) in [6, 6.07) is 21.9. The SMILES string of the molecule is CC(Cc1cccc(C#N)c1)Nc1nccc(N(C)N2C=C(c3ccccc3)n3ncnc3C2)n1. The molecule has 0 saturated heterocycles. The van der Waals surface area contributed by atoms with Crippen molar-refractivity contribution in [3.05, 3.63) is 102 Å². The van der Waals surface area contributed by atoms with E-state index >= 15 is 0 Å². The van der Waals surface area contributed by atoms with Crippen LogP contribution in [0.1, 0.15) is 29.4 Å². The van der Waals surface area contributed by atoms with Crippen LogP contribution in [0.5, 0.6) is 0 Å². The molecule has 1 atom stereocenters. The van der Waals surface area contributed by atoms with Crippen LogP contribution in [0.2, 0.25) is 0 Å². The summed E-state index contributed by atoms with van der Waals surface area (Å²) in [5, 5.41) is 21.0. The number of fused-ring (bicyclic) bond motifs is 1. The van der Waals surface area contributed by atoms with E-state index < -0.39 is 0 Å². The first kappa shape index (κ1) is 22.1. The summed E-state index contributed by atoms with van der Waals surface area (Å²) < 4.78 is 1.87. The highest BCUT2D eigenvalue weighted by atomic mass is 15.6. The monoisotopic (exact) mass is 463 g/mol. The van der Waals surface area contributed by atoms with E-state index in [2.05, 4.69) is 56.7 Å². The van der Waals surface area contributed by atoms with E-state index in [4.69, 9.17) is 10.2 Å². The maximum Gasteiger partial charge on any atom is 0.224 e. The zero-order chi connectivity index (χ0) is 24.2. The predicted octanol–water partition coefficient (Wildman–Crippen LogP) is 3.70. The van der Waals surface area contributed by atoms with Crippen molar-refractivity contribution in [2.75, 3.05) is 17.4 Å². The molecule has 2 aromatic carbocycles. The Hall–Kier alpha value is -4.71. The highest BCUT2D eigenvalue weighted by Crippen LogP contribution is 2.26. The number of nitriles is 1. The first-order valence-corrected chi connectivity index (χ1v) is 11.4. The van der Waals surface area contributed by atoms with Crippen LogP contribution in [0.4, 0.5) is 11.8 Å². The summed E-state index contributed by atoms with van der Waals surface area (Å²) in [4.78, 5) is 13.6. The second-order valence-corrected chi connectivity index (χ2v) is 8.39. The number of aromatic nitrogens is 5. The highest BCUT2D eigenvalue weighted by Gasteiger charge is 2.23. The quantitative estimate of drug-likeness (QED) is 0.443. The number of hydrazine groups is 1. The molecule has 1 N–H and O–H groups in total. The second kappa shape index (κ2) is 9.65. The Morgan fingerprint density at radius 2 is 1.97 bits per heavy atom. The van der Waals surface area contributed by atoms with Gasteiger partial charge < -0.3 is 5.32 Å². The molecule has 0 radical (unpaired) electrons. The lowest BCUT2D eigenvalue weighted by Gasteiger charge is -2.34. The van der Waals surface area contributed by atoms with Gasteiger partial charge in [0, 0.05) is 37.1 Å². The Morgan fingerprint density at radius 3 is 2.80 bits per heavy atom. The van der Waals surface area contributed by atoms with Crippen molar-refractivity contribution in [2.45, 2.75) is 25.9 Å². The first-order valence-electron chi connectivity index (χ1n) is 11.4. The Labute approximate surface area is 204 Å². The lowest BCUT2D eigenvalue weighted by atomic mass is 10.0. The maximum absolute atomic E-state index is 9.14. The Kier molecular flexibility index (Phi) is 6.09. The van der Waals surface area contributed by atoms with Gasteiger partial charge in [-0.1, -0.05) is 42.5 Å². The highest BCUT2D eigenvalue weighted by molar-refractivity contribution is 5.66. The van der Waals surface area contributed by atoms with E-state index in [1.165, 1.54) is 0 Å². The largest absolute Gasteiger partial charge is 0.351 e. The van der Waals surface area contributed by atoms with Crippen LogP contribution in [0.15, 0.2) is 79.4 Å². The van der Waals surface area contributed by atoms with E-state index in [0.29, 0.717) is 18.1 Å². The van der Waals surface area contributed by atoms with E-state index in [0.717, 1.165) is 34.9 Å². The average molecular weight is 464 g/mol. The van der Waals surface area contributed by atoms with Gasteiger partial charge in [0.1, 0.15) is 6.33 Å². The normalized spacial score (nSPS) is 13.4. The van der Waals surface area contributed by atoms with Crippen molar-refractivity contribution >= 4 is 17.5 Å². The molecule has 9 nitrogen and oxygen atoms in total. The van der Waals surface area contributed by atoms with Gasteiger partial charge in [-0.15, -0.1) is 0 Å². The molecular formula is C26H25N9. The van der Waals surface area contributed by atoms with Gasteiger partial charge in [-0.05, 0) is 31.0 Å². The first-order chi connectivity index (χ1) is 17.1. The Morgan fingerprint density at radius 1 is 1.11 bits per heavy atom. The molecule has 0 saturated carbocycles. The molecule has 1 aliphatic heterocycles.